The molecule has 11 heteroatoms. The standard InChI is InChI=1S/C40H44N2O7S2/c1-6-41-32-22-20-30-31(25-28(51(45,46)47)26-34(30)50-49-48-44)38(32)39(2,3)35(41)17-9-7-10-18-36-40(4,5)37-29-16-12-11-15-27(29)19-21-33(37)42(36)23-13-8-14-24-43/h7,9-12,15-22,25-26,43H,6,8,13-14,23-24H2,1-5H3,(H-,44,45,46,47)/p+1. The lowest BCUT2D eigenvalue weighted by Crippen LogP contribution is -2.28. The number of anilines is 1. The van der Waals surface area contributed by atoms with Crippen molar-refractivity contribution >= 4 is 60.8 Å². The fraction of sp³-hybridized carbons (Fsp3) is 0.325. The minimum atomic E-state index is -4.54. The van der Waals surface area contributed by atoms with E-state index in [0.717, 1.165) is 42.8 Å². The second-order valence-electron chi connectivity index (χ2n) is 14.0. The summed E-state index contributed by atoms with van der Waals surface area (Å²) in [6, 6.07) is 19.7. The van der Waals surface area contributed by atoms with Crippen LogP contribution in [0.2, 0.25) is 0 Å². The number of nitrogens with zero attached hydrogens (tertiary/aromatic N) is 2. The van der Waals surface area contributed by atoms with Crippen LogP contribution < -0.4 is 4.90 Å². The van der Waals surface area contributed by atoms with Gasteiger partial charge >= 0.3 is 0 Å². The minimum absolute atomic E-state index is 0.206. The summed E-state index contributed by atoms with van der Waals surface area (Å²) in [4.78, 5) is 2.30. The van der Waals surface area contributed by atoms with Crippen molar-refractivity contribution in [1.29, 1.82) is 0 Å². The summed E-state index contributed by atoms with van der Waals surface area (Å²) in [7, 11) is -4.54. The third-order valence-electron chi connectivity index (χ3n) is 10.2. The topological polar surface area (TPSA) is 120 Å². The second-order valence-corrected chi connectivity index (χ2v) is 16.1. The molecule has 3 N–H and O–H groups in total. The first-order valence-corrected chi connectivity index (χ1v) is 19.4. The fourth-order valence-corrected chi connectivity index (χ4v) is 9.10. The van der Waals surface area contributed by atoms with E-state index in [4.69, 9.17) is 5.26 Å². The minimum Gasteiger partial charge on any atom is -0.396 e. The van der Waals surface area contributed by atoms with Crippen molar-refractivity contribution in [2.45, 2.75) is 74.5 Å². The normalized spacial score (nSPS) is 17.6. The van der Waals surface area contributed by atoms with Crippen LogP contribution in [0, 0.1) is 0 Å². The van der Waals surface area contributed by atoms with Crippen molar-refractivity contribution in [3.63, 3.8) is 0 Å². The third kappa shape index (κ3) is 6.80. The Labute approximate surface area is 304 Å². The molecular formula is C40H45N2O7S2+. The van der Waals surface area contributed by atoms with E-state index in [1.54, 1.807) is 0 Å². The van der Waals surface area contributed by atoms with Crippen molar-refractivity contribution in [2.24, 2.45) is 0 Å². The Morgan fingerprint density at radius 2 is 1.67 bits per heavy atom. The van der Waals surface area contributed by atoms with Crippen molar-refractivity contribution in [3.8, 4) is 0 Å². The number of hydrogen-bond donors (Lipinski definition) is 3. The summed E-state index contributed by atoms with van der Waals surface area (Å²) in [5, 5.41) is 25.8. The van der Waals surface area contributed by atoms with Crippen LogP contribution in [-0.2, 0) is 30.3 Å². The van der Waals surface area contributed by atoms with E-state index in [-0.39, 0.29) is 16.9 Å². The molecule has 4 aromatic rings. The molecule has 0 aromatic heterocycles. The Hall–Kier alpha value is -3.81. The van der Waals surface area contributed by atoms with Gasteiger partial charge in [-0.15, -0.1) is 4.33 Å². The van der Waals surface area contributed by atoms with Gasteiger partial charge in [-0.1, -0.05) is 67.4 Å². The van der Waals surface area contributed by atoms with Crippen LogP contribution in [0.3, 0.4) is 0 Å². The summed E-state index contributed by atoms with van der Waals surface area (Å²) < 4.78 is 41.6. The first kappa shape index (κ1) is 37.0. The van der Waals surface area contributed by atoms with Crippen molar-refractivity contribution < 1.29 is 37.3 Å². The lowest BCUT2D eigenvalue weighted by molar-refractivity contribution is -0.438. The van der Waals surface area contributed by atoms with Crippen molar-refractivity contribution in [1.82, 2.24) is 0 Å². The number of aliphatic hydroxyl groups excluding tert-OH is 1. The lowest BCUT2D eigenvalue weighted by Gasteiger charge is -2.26. The van der Waals surface area contributed by atoms with Crippen LogP contribution in [0.5, 0.6) is 0 Å². The predicted molar refractivity (Wildman–Crippen MR) is 205 cm³/mol. The number of fused-ring (bicyclic) bond motifs is 6. The molecule has 0 saturated heterocycles. The molecule has 2 heterocycles. The Kier molecular flexibility index (Phi) is 10.6. The molecular weight excluding hydrogens is 685 g/mol. The molecule has 0 amide bonds. The van der Waals surface area contributed by atoms with Gasteiger partial charge in [-0.3, -0.25) is 4.55 Å². The second kappa shape index (κ2) is 14.7. The fourth-order valence-electron chi connectivity index (χ4n) is 7.94. The molecule has 0 atom stereocenters. The molecule has 6 rings (SSSR count). The molecule has 51 heavy (non-hydrogen) atoms. The molecule has 2 aliphatic rings. The predicted octanol–water partition coefficient (Wildman–Crippen LogP) is 9.02. The highest BCUT2D eigenvalue weighted by molar-refractivity contribution is 7.94. The van der Waals surface area contributed by atoms with Gasteiger partial charge in [0.15, 0.2) is 5.71 Å². The highest BCUT2D eigenvalue weighted by Gasteiger charge is 2.45. The summed E-state index contributed by atoms with van der Waals surface area (Å²) in [5.74, 6) is 0. The average molecular weight is 730 g/mol. The van der Waals surface area contributed by atoms with Crippen LogP contribution in [0.15, 0.2) is 107 Å². The van der Waals surface area contributed by atoms with Crippen LogP contribution in [0.1, 0.15) is 65.0 Å². The van der Waals surface area contributed by atoms with Crippen molar-refractivity contribution in [2.75, 3.05) is 24.6 Å². The summed E-state index contributed by atoms with van der Waals surface area (Å²) in [6.07, 6.45) is 13.2. The SMILES string of the molecule is CCN1/C(=C/C=C/C=C/C2=[N+](CCCCCO)c3ccc4ccccc4c3C2(C)C)C(C)(C)c2c1ccc1c(SOOO)cc(S(=O)(=O)O)cc21. The number of allylic oxidation sites excluding steroid dienone is 6. The maximum absolute atomic E-state index is 12.3. The number of rotatable bonds is 13. The van der Waals surface area contributed by atoms with E-state index in [1.165, 1.54) is 39.9 Å². The Morgan fingerprint density at radius 1 is 0.882 bits per heavy atom. The van der Waals surface area contributed by atoms with Crippen LogP contribution in [-0.4, -0.2) is 53.3 Å². The Bertz CT molecular complexity index is 2220. The average Bonchev–Trinajstić information content (AvgIpc) is 3.46. The number of unbranched alkanes of at least 4 members (excludes halogenated alkanes) is 2. The number of hydrogen-bond acceptors (Lipinski definition) is 8. The quantitative estimate of drug-likeness (QED) is 0.0236. The van der Waals surface area contributed by atoms with Gasteiger partial charge in [-0.05, 0) is 91.1 Å². The summed E-state index contributed by atoms with van der Waals surface area (Å²) in [6.45, 7) is 12.6. The van der Waals surface area contributed by atoms with E-state index in [0.29, 0.717) is 34.3 Å². The molecule has 0 radical (unpaired) electrons. The third-order valence-corrected chi connectivity index (χ3v) is 11.7. The largest absolute Gasteiger partial charge is 0.396 e. The van der Waals surface area contributed by atoms with Gasteiger partial charge in [0.25, 0.3) is 10.1 Å². The Morgan fingerprint density at radius 3 is 2.39 bits per heavy atom. The van der Waals surface area contributed by atoms with Crippen molar-refractivity contribution in [3.05, 3.63) is 108 Å². The van der Waals surface area contributed by atoms with Gasteiger partial charge in [0.05, 0.1) is 22.4 Å². The van der Waals surface area contributed by atoms with Crippen LogP contribution in [0.25, 0.3) is 21.5 Å². The van der Waals surface area contributed by atoms with Gasteiger partial charge in [0, 0.05) is 59.0 Å². The summed E-state index contributed by atoms with van der Waals surface area (Å²) >= 11 is 0.655. The molecule has 268 valence electrons. The monoisotopic (exact) mass is 729 g/mol. The van der Waals surface area contributed by atoms with Gasteiger partial charge in [0.1, 0.15) is 6.54 Å². The van der Waals surface area contributed by atoms with Gasteiger partial charge in [0.2, 0.25) is 5.69 Å². The number of likely N-dealkylation sites (N-methyl/N-ethyl adjacent to an activating group) is 1. The van der Waals surface area contributed by atoms with E-state index in [9.17, 15) is 18.1 Å². The molecule has 2 aliphatic heterocycles. The first-order valence-electron chi connectivity index (χ1n) is 17.2. The molecule has 0 saturated carbocycles. The number of benzene rings is 4. The zero-order valence-electron chi connectivity index (χ0n) is 29.6. The van der Waals surface area contributed by atoms with Gasteiger partial charge < -0.3 is 10.0 Å². The van der Waals surface area contributed by atoms with E-state index in [2.05, 4.69) is 108 Å². The smallest absolute Gasteiger partial charge is 0.294 e. The van der Waals surface area contributed by atoms with Crippen LogP contribution >= 0.6 is 12.0 Å². The van der Waals surface area contributed by atoms with E-state index in [1.807, 2.05) is 24.3 Å². The molecule has 0 fully saturated rings. The summed E-state index contributed by atoms with van der Waals surface area (Å²) in [5.41, 5.74) is 5.93. The highest BCUT2D eigenvalue weighted by Crippen LogP contribution is 2.52. The molecule has 0 unspecified atom stereocenters. The van der Waals surface area contributed by atoms with Crippen LogP contribution in [0.4, 0.5) is 11.4 Å². The number of aliphatic hydroxyl groups is 1. The zero-order valence-corrected chi connectivity index (χ0v) is 31.2. The maximum atomic E-state index is 12.3. The molecule has 4 aromatic carbocycles. The molecule has 9 nitrogen and oxygen atoms in total. The first-order chi connectivity index (χ1) is 24.4. The lowest BCUT2D eigenvalue weighted by atomic mass is 9.79. The molecule has 0 bridgehead atoms. The Balaban J connectivity index is 1.37. The highest BCUT2D eigenvalue weighted by atomic mass is 32.2. The molecule has 0 spiro atoms. The van der Waals surface area contributed by atoms with Gasteiger partial charge in [-0.25, -0.2) is 5.26 Å². The maximum Gasteiger partial charge on any atom is 0.294 e. The molecule has 0 aliphatic carbocycles. The van der Waals surface area contributed by atoms with E-state index < -0.39 is 15.5 Å². The van der Waals surface area contributed by atoms with Gasteiger partial charge in [-0.2, -0.15) is 13.0 Å². The zero-order chi connectivity index (χ0) is 36.6. The van der Waals surface area contributed by atoms with E-state index >= 15 is 0 Å².